The second-order valence-corrected chi connectivity index (χ2v) is 7.61. The second-order valence-electron chi connectivity index (χ2n) is 6.53. The van der Waals surface area contributed by atoms with Crippen molar-refractivity contribution in [1.29, 1.82) is 0 Å². The Morgan fingerprint density at radius 3 is 2.59 bits per heavy atom. The maximum atomic E-state index is 13.0. The Morgan fingerprint density at radius 2 is 1.78 bits per heavy atom. The van der Waals surface area contributed by atoms with Crippen molar-refractivity contribution in [2.75, 3.05) is 5.32 Å². The fourth-order valence-corrected chi connectivity index (χ4v) is 4.55. The number of phenolic OH excluding ortho intramolecular Hbond substituents is 1. The molecular formula is C22H20N2O2S. The number of hydrogen-bond acceptors (Lipinski definition) is 4. The molecule has 1 heterocycles. The molecular weight excluding hydrogens is 356 g/mol. The van der Waals surface area contributed by atoms with Crippen LogP contribution < -0.4 is 5.32 Å². The van der Waals surface area contributed by atoms with Gasteiger partial charge < -0.3 is 10.4 Å². The molecule has 0 fully saturated rings. The Morgan fingerprint density at radius 1 is 1.04 bits per heavy atom. The van der Waals surface area contributed by atoms with Gasteiger partial charge in [0.1, 0.15) is 10.8 Å². The lowest BCUT2D eigenvalue weighted by Crippen LogP contribution is -2.14. The van der Waals surface area contributed by atoms with E-state index < -0.39 is 0 Å². The molecule has 0 aliphatic heterocycles. The number of aromatic hydroxyl groups is 1. The van der Waals surface area contributed by atoms with E-state index in [9.17, 15) is 9.90 Å². The van der Waals surface area contributed by atoms with E-state index in [1.807, 2.05) is 36.4 Å². The number of rotatable bonds is 4. The Balaban J connectivity index is 1.70. The van der Waals surface area contributed by atoms with E-state index in [1.54, 1.807) is 35.8 Å². The van der Waals surface area contributed by atoms with Crippen LogP contribution in [0, 0.1) is 0 Å². The van der Waals surface area contributed by atoms with Crippen LogP contribution in [-0.4, -0.2) is 17.2 Å². The highest BCUT2D eigenvalue weighted by atomic mass is 32.1. The summed E-state index contributed by atoms with van der Waals surface area (Å²) in [5.74, 6) is 0.0582. The van der Waals surface area contributed by atoms with Crippen LogP contribution in [0.5, 0.6) is 5.75 Å². The molecule has 3 aromatic rings. The van der Waals surface area contributed by atoms with Gasteiger partial charge in [-0.15, -0.1) is 11.3 Å². The van der Waals surface area contributed by atoms with Crippen molar-refractivity contribution in [1.82, 2.24) is 0 Å². The number of nitrogens with zero attached hydrogens (tertiary/aromatic N) is 1. The molecule has 0 saturated heterocycles. The van der Waals surface area contributed by atoms with Crippen molar-refractivity contribution in [3.63, 3.8) is 0 Å². The van der Waals surface area contributed by atoms with Gasteiger partial charge in [-0.2, -0.15) is 0 Å². The summed E-state index contributed by atoms with van der Waals surface area (Å²) in [6, 6.07) is 16.5. The average molecular weight is 376 g/mol. The van der Waals surface area contributed by atoms with Crippen LogP contribution in [0.2, 0.25) is 0 Å². The molecule has 2 N–H and O–H groups in total. The number of aliphatic imine (C=N–C) groups is 1. The van der Waals surface area contributed by atoms with Gasteiger partial charge in [-0.1, -0.05) is 30.3 Å². The van der Waals surface area contributed by atoms with Crippen LogP contribution in [-0.2, 0) is 12.8 Å². The van der Waals surface area contributed by atoms with Crippen LogP contribution >= 0.6 is 11.3 Å². The number of phenols is 1. The molecule has 1 aromatic heterocycles. The molecule has 0 radical (unpaired) electrons. The molecule has 0 unspecified atom stereocenters. The van der Waals surface area contributed by atoms with Gasteiger partial charge >= 0.3 is 0 Å². The quantitative estimate of drug-likeness (QED) is 0.604. The summed E-state index contributed by atoms with van der Waals surface area (Å²) >= 11 is 1.59. The van der Waals surface area contributed by atoms with E-state index in [0.29, 0.717) is 16.1 Å². The number of carbonyl (C=O) groups excluding carboxylic acids is 1. The lowest BCUT2D eigenvalue weighted by molar-refractivity contribution is 0.102. The summed E-state index contributed by atoms with van der Waals surface area (Å²) < 4.78 is 0. The topological polar surface area (TPSA) is 61.7 Å². The summed E-state index contributed by atoms with van der Waals surface area (Å²) in [4.78, 5) is 18.8. The summed E-state index contributed by atoms with van der Waals surface area (Å²) in [6.45, 7) is 0. The lowest BCUT2D eigenvalue weighted by atomic mass is 9.95. The number of anilines is 1. The number of thiophene rings is 1. The van der Waals surface area contributed by atoms with Crippen LogP contribution in [0.4, 0.5) is 10.7 Å². The third-order valence-corrected chi connectivity index (χ3v) is 5.87. The van der Waals surface area contributed by atoms with Gasteiger partial charge in [0, 0.05) is 22.3 Å². The van der Waals surface area contributed by atoms with E-state index >= 15 is 0 Å². The minimum absolute atomic E-state index is 0.120. The Bertz CT molecular complexity index is 993. The first-order valence-corrected chi connectivity index (χ1v) is 9.87. The average Bonchev–Trinajstić information content (AvgIpc) is 3.06. The van der Waals surface area contributed by atoms with Crippen molar-refractivity contribution >= 4 is 34.1 Å². The third kappa shape index (κ3) is 3.78. The van der Waals surface area contributed by atoms with Crippen molar-refractivity contribution in [3.8, 4) is 5.75 Å². The maximum Gasteiger partial charge on any atom is 0.259 e. The van der Waals surface area contributed by atoms with Crippen LogP contribution in [0.3, 0.4) is 0 Å². The first-order valence-electron chi connectivity index (χ1n) is 9.05. The van der Waals surface area contributed by atoms with Crippen molar-refractivity contribution in [3.05, 3.63) is 76.2 Å². The molecule has 136 valence electrons. The van der Waals surface area contributed by atoms with Crippen molar-refractivity contribution in [2.45, 2.75) is 25.7 Å². The zero-order chi connectivity index (χ0) is 18.6. The first kappa shape index (κ1) is 17.5. The van der Waals surface area contributed by atoms with Gasteiger partial charge in [0.15, 0.2) is 0 Å². The number of carbonyl (C=O) groups is 1. The SMILES string of the molecule is O=C(Nc1ccccc1)c1c(N=Cc2ccccc2O)sc2c1CCCC2. The zero-order valence-corrected chi connectivity index (χ0v) is 15.6. The molecule has 1 aliphatic carbocycles. The van der Waals surface area contributed by atoms with E-state index in [1.165, 1.54) is 4.88 Å². The number of amides is 1. The van der Waals surface area contributed by atoms with Gasteiger partial charge in [0.25, 0.3) is 5.91 Å². The molecule has 1 aliphatic rings. The van der Waals surface area contributed by atoms with Crippen molar-refractivity contribution in [2.24, 2.45) is 4.99 Å². The highest BCUT2D eigenvalue weighted by molar-refractivity contribution is 7.16. The van der Waals surface area contributed by atoms with E-state index in [0.717, 1.165) is 36.9 Å². The largest absolute Gasteiger partial charge is 0.507 e. The summed E-state index contributed by atoms with van der Waals surface area (Å²) in [7, 11) is 0. The van der Waals surface area contributed by atoms with Crippen LogP contribution in [0.1, 0.15) is 39.2 Å². The fraction of sp³-hybridized carbons (Fsp3) is 0.182. The molecule has 4 nitrogen and oxygen atoms in total. The molecule has 27 heavy (non-hydrogen) atoms. The second kappa shape index (κ2) is 7.76. The molecule has 0 spiro atoms. The van der Waals surface area contributed by atoms with Crippen LogP contribution in [0.25, 0.3) is 0 Å². The van der Waals surface area contributed by atoms with Gasteiger partial charge in [0.2, 0.25) is 0 Å². The minimum atomic E-state index is -0.120. The smallest absolute Gasteiger partial charge is 0.259 e. The molecule has 0 atom stereocenters. The highest BCUT2D eigenvalue weighted by Crippen LogP contribution is 2.40. The Hall–Kier alpha value is -2.92. The van der Waals surface area contributed by atoms with Gasteiger partial charge in [0.05, 0.1) is 5.56 Å². The van der Waals surface area contributed by atoms with Gasteiger partial charge in [-0.3, -0.25) is 4.79 Å². The standard InChI is InChI=1S/C22H20N2O2S/c25-18-12-6-4-8-15(18)14-23-22-20(17-11-5-7-13-19(17)27-22)21(26)24-16-9-2-1-3-10-16/h1-4,6,8-10,12,14,25H,5,7,11,13H2,(H,24,26). The lowest BCUT2D eigenvalue weighted by Gasteiger charge is -2.12. The molecule has 0 bridgehead atoms. The normalized spacial score (nSPS) is 13.5. The predicted molar refractivity (Wildman–Crippen MR) is 111 cm³/mol. The molecule has 2 aromatic carbocycles. The fourth-order valence-electron chi connectivity index (χ4n) is 3.32. The number of benzene rings is 2. The van der Waals surface area contributed by atoms with Crippen molar-refractivity contribution < 1.29 is 9.90 Å². The Kier molecular flexibility index (Phi) is 5.03. The van der Waals surface area contributed by atoms with Crippen LogP contribution in [0.15, 0.2) is 59.6 Å². The molecule has 1 amide bonds. The van der Waals surface area contributed by atoms with Gasteiger partial charge in [-0.05, 0) is 55.5 Å². The number of fused-ring (bicyclic) bond motifs is 1. The highest BCUT2D eigenvalue weighted by Gasteiger charge is 2.25. The Labute approximate surface area is 162 Å². The summed E-state index contributed by atoms with van der Waals surface area (Å²) in [6.07, 6.45) is 5.78. The number of para-hydroxylation sites is 2. The third-order valence-electron chi connectivity index (χ3n) is 4.67. The molecule has 0 saturated carbocycles. The summed E-state index contributed by atoms with van der Waals surface area (Å²) in [5.41, 5.74) is 3.21. The predicted octanol–water partition coefficient (Wildman–Crippen LogP) is 5.34. The molecule has 5 heteroatoms. The van der Waals surface area contributed by atoms with E-state index in [-0.39, 0.29) is 11.7 Å². The minimum Gasteiger partial charge on any atom is -0.507 e. The summed E-state index contributed by atoms with van der Waals surface area (Å²) in [5, 5.41) is 13.7. The monoisotopic (exact) mass is 376 g/mol. The van der Waals surface area contributed by atoms with E-state index in [2.05, 4.69) is 10.3 Å². The van der Waals surface area contributed by atoms with E-state index in [4.69, 9.17) is 0 Å². The number of hydrogen-bond donors (Lipinski definition) is 2. The maximum absolute atomic E-state index is 13.0. The van der Waals surface area contributed by atoms with Gasteiger partial charge in [-0.25, -0.2) is 4.99 Å². The number of nitrogens with one attached hydrogen (secondary N) is 1. The molecule has 4 rings (SSSR count). The number of aryl methyl sites for hydroxylation is 1. The zero-order valence-electron chi connectivity index (χ0n) is 14.8. The first-order chi connectivity index (χ1) is 13.2.